The zero-order valence-corrected chi connectivity index (χ0v) is 13.7. The molecule has 4 nitrogen and oxygen atoms in total. The van der Waals surface area contributed by atoms with Crippen molar-refractivity contribution in [1.29, 1.82) is 0 Å². The molecule has 0 radical (unpaired) electrons. The average Bonchev–Trinajstić information content (AvgIpc) is 2.46. The van der Waals surface area contributed by atoms with E-state index in [1.165, 1.54) is 11.1 Å². The van der Waals surface area contributed by atoms with Gasteiger partial charge in [-0.1, -0.05) is 19.9 Å². The molecule has 0 heterocycles. The van der Waals surface area contributed by atoms with Crippen LogP contribution in [0.2, 0.25) is 0 Å². The van der Waals surface area contributed by atoms with E-state index < -0.39 is 5.91 Å². The van der Waals surface area contributed by atoms with Gasteiger partial charge in [-0.3, -0.25) is 4.79 Å². The Labute approximate surface area is 132 Å². The summed E-state index contributed by atoms with van der Waals surface area (Å²) in [7, 11) is 1.71. The molecular weight excluding hydrogens is 288 g/mol. The van der Waals surface area contributed by atoms with Crippen molar-refractivity contribution in [2.75, 3.05) is 7.11 Å². The molecule has 0 fully saturated rings. The summed E-state index contributed by atoms with van der Waals surface area (Å²) in [6.07, 6.45) is 2.63. The van der Waals surface area contributed by atoms with Crippen LogP contribution in [0.4, 0.5) is 0 Å². The molecule has 1 amide bonds. The van der Waals surface area contributed by atoms with Crippen LogP contribution in [0, 0.1) is 0 Å². The molecule has 21 heavy (non-hydrogen) atoms. The SMILES string of the molecule is CCC1(CC)c2cc(C(N)=O)ccc2CC(OC)C1N.Cl. The van der Waals surface area contributed by atoms with E-state index in [-0.39, 0.29) is 30.0 Å². The molecule has 2 rings (SSSR count). The second kappa shape index (κ2) is 6.77. The molecule has 0 bridgehead atoms. The van der Waals surface area contributed by atoms with Crippen LogP contribution < -0.4 is 11.5 Å². The number of amides is 1. The first kappa shape index (κ1) is 18.0. The second-order valence-corrected chi connectivity index (χ2v) is 5.60. The Morgan fingerprint density at radius 2 is 2.00 bits per heavy atom. The highest BCUT2D eigenvalue weighted by Crippen LogP contribution is 2.43. The fourth-order valence-corrected chi connectivity index (χ4v) is 3.58. The van der Waals surface area contributed by atoms with E-state index in [4.69, 9.17) is 16.2 Å². The molecule has 1 aromatic carbocycles. The molecule has 2 unspecified atom stereocenters. The van der Waals surface area contributed by atoms with Crippen LogP contribution in [0.25, 0.3) is 0 Å². The summed E-state index contributed by atoms with van der Waals surface area (Å²) in [5.74, 6) is -0.392. The van der Waals surface area contributed by atoms with E-state index in [0.717, 1.165) is 19.3 Å². The molecule has 0 aliphatic heterocycles. The van der Waals surface area contributed by atoms with E-state index in [2.05, 4.69) is 13.8 Å². The van der Waals surface area contributed by atoms with Gasteiger partial charge in [-0.25, -0.2) is 0 Å². The van der Waals surface area contributed by atoms with Crippen LogP contribution in [0.1, 0.15) is 48.2 Å². The number of halogens is 1. The Kier molecular flexibility index (Phi) is 5.79. The molecule has 0 saturated carbocycles. The van der Waals surface area contributed by atoms with Gasteiger partial charge in [0.15, 0.2) is 0 Å². The predicted octanol–water partition coefficient (Wildman–Crippen LogP) is 2.16. The summed E-state index contributed by atoms with van der Waals surface area (Å²) in [5, 5.41) is 0. The largest absolute Gasteiger partial charge is 0.379 e. The van der Waals surface area contributed by atoms with Crippen LogP contribution >= 0.6 is 12.4 Å². The highest BCUT2D eigenvalue weighted by molar-refractivity contribution is 5.93. The summed E-state index contributed by atoms with van der Waals surface area (Å²) >= 11 is 0. The van der Waals surface area contributed by atoms with Gasteiger partial charge >= 0.3 is 0 Å². The molecule has 4 N–H and O–H groups in total. The van der Waals surface area contributed by atoms with E-state index in [1.54, 1.807) is 13.2 Å². The lowest BCUT2D eigenvalue weighted by atomic mass is 9.62. The summed E-state index contributed by atoms with van der Waals surface area (Å²) in [6.45, 7) is 4.28. The van der Waals surface area contributed by atoms with Crippen LogP contribution in [0.15, 0.2) is 18.2 Å². The number of fused-ring (bicyclic) bond motifs is 1. The lowest BCUT2D eigenvalue weighted by Gasteiger charge is -2.46. The maximum atomic E-state index is 11.4. The van der Waals surface area contributed by atoms with Crippen molar-refractivity contribution in [2.24, 2.45) is 11.5 Å². The molecule has 118 valence electrons. The van der Waals surface area contributed by atoms with Gasteiger partial charge in [-0.15, -0.1) is 12.4 Å². The van der Waals surface area contributed by atoms with Gasteiger partial charge in [0.2, 0.25) is 5.91 Å². The number of nitrogens with two attached hydrogens (primary N) is 2. The summed E-state index contributed by atoms with van der Waals surface area (Å²) in [5.41, 5.74) is 14.7. The maximum absolute atomic E-state index is 11.4. The fourth-order valence-electron chi connectivity index (χ4n) is 3.58. The van der Waals surface area contributed by atoms with Crippen molar-refractivity contribution in [1.82, 2.24) is 0 Å². The topological polar surface area (TPSA) is 78.3 Å². The van der Waals surface area contributed by atoms with Crippen molar-refractivity contribution >= 4 is 18.3 Å². The predicted molar refractivity (Wildman–Crippen MR) is 86.9 cm³/mol. The molecule has 1 aliphatic rings. The summed E-state index contributed by atoms with van der Waals surface area (Å²) in [6, 6.07) is 5.64. The Bertz CT molecular complexity index is 515. The average molecular weight is 313 g/mol. The zero-order valence-electron chi connectivity index (χ0n) is 12.9. The molecular formula is C16H25ClN2O2. The van der Waals surface area contributed by atoms with E-state index in [1.807, 2.05) is 12.1 Å². The number of methoxy groups -OCH3 is 1. The number of hydrogen-bond acceptors (Lipinski definition) is 3. The van der Waals surface area contributed by atoms with Crippen LogP contribution in [-0.4, -0.2) is 25.2 Å². The van der Waals surface area contributed by atoms with Crippen molar-refractivity contribution in [3.8, 4) is 0 Å². The Balaban J connectivity index is 0.00000220. The van der Waals surface area contributed by atoms with Gasteiger partial charge in [0.1, 0.15) is 0 Å². The molecule has 1 aliphatic carbocycles. The van der Waals surface area contributed by atoms with Crippen molar-refractivity contribution in [2.45, 2.75) is 50.7 Å². The first-order valence-corrected chi connectivity index (χ1v) is 7.21. The van der Waals surface area contributed by atoms with Crippen molar-refractivity contribution < 1.29 is 9.53 Å². The first-order chi connectivity index (χ1) is 9.50. The minimum atomic E-state index is -0.392. The Morgan fingerprint density at radius 1 is 1.38 bits per heavy atom. The third-order valence-electron chi connectivity index (χ3n) is 4.96. The van der Waals surface area contributed by atoms with E-state index >= 15 is 0 Å². The number of carbonyl (C=O) groups excluding carboxylic acids is 1. The normalized spacial score (nSPS) is 23.0. The van der Waals surface area contributed by atoms with E-state index in [9.17, 15) is 4.79 Å². The Morgan fingerprint density at radius 3 is 2.48 bits per heavy atom. The smallest absolute Gasteiger partial charge is 0.248 e. The van der Waals surface area contributed by atoms with Gasteiger partial charge in [-0.2, -0.15) is 0 Å². The highest BCUT2D eigenvalue weighted by atomic mass is 35.5. The van der Waals surface area contributed by atoms with Crippen LogP contribution in [0.5, 0.6) is 0 Å². The monoisotopic (exact) mass is 312 g/mol. The molecule has 5 heteroatoms. The zero-order chi connectivity index (χ0) is 14.9. The molecule has 2 atom stereocenters. The second-order valence-electron chi connectivity index (χ2n) is 5.60. The molecule has 1 aromatic rings. The maximum Gasteiger partial charge on any atom is 0.248 e. The number of benzene rings is 1. The minimum absolute atomic E-state index is 0. The summed E-state index contributed by atoms with van der Waals surface area (Å²) < 4.78 is 5.58. The number of primary amides is 1. The fraction of sp³-hybridized carbons (Fsp3) is 0.562. The Hall–Kier alpha value is -1.10. The standard InChI is InChI=1S/C16H24N2O2.ClH/c1-4-16(5-2)12-8-11(15(18)19)7-6-10(12)9-13(20-3)14(16)17;/h6-8,13-14H,4-5,9,17H2,1-3H3,(H2,18,19);1H. The minimum Gasteiger partial charge on any atom is -0.379 e. The highest BCUT2D eigenvalue weighted by Gasteiger charge is 2.45. The number of ether oxygens (including phenoxy) is 1. The van der Waals surface area contributed by atoms with Crippen molar-refractivity contribution in [3.63, 3.8) is 0 Å². The first-order valence-electron chi connectivity index (χ1n) is 7.21. The van der Waals surface area contributed by atoms with Gasteiger partial charge in [-0.05, 0) is 36.1 Å². The number of rotatable bonds is 4. The quantitative estimate of drug-likeness (QED) is 0.894. The van der Waals surface area contributed by atoms with Crippen LogP contribution in [-0.2, 0) is 16.6 Å². The third kappa shape index (κ3) is 2.80. The van der Waals surface area contributed by atoms with Crippen LogP contribution in [0.3, 0.4) is 0 Å². The number of carbonyl (C=O) groups is 1. The lowest BCUT2D eigenvalue weighted by Crippen LogP contribution is -2.56. The molecule has 0 aromatic heterocycles. The van der Waals surface area contributed by atoms with Gasteiger partial charge in [0.05, 0.1) is 6.10 Å². The van der Waals surface area contributed by atoms with Gasteiger partial charge in [0, 0.05) is 30.6 Å². The van der Waals surface area contributed by atoms with Gasteiger partial charge < -0.3 is 16.2 Å². The lowest BCUT2D eigenvalue weighted by molar-refractivity contribution is 0.0400. The summed E-state index contributed by atoms with van der Waals surface area (Å²) in [4.78, 5) is 11.4. The molecule has 0 saturated heterocycles. The third-order valence-corrected chi connectivity index (χ3v) is 4.96. The van der Waals surface area contributed by atoms with E-state index in [0.29, 0.717) is 5.56 Å². The van der Waals surface area contributed by atoms with Crippen molar-refractivity contribution in [3.05, 3.63) is 34.9 Å². The van der Waals surface area contributed by atoms with Gasteiger partial charge in [0.25, 0.3) is 0 Å². The molecule has 0 spiro atoms. The number of hydrogen-bond donors (Lipinski definition) is 2.